The number of phenolic OH excluding ortho intramolecular Hbond substituents is 1. The minimum atomic E-state index is -2.17. The summed E-state index contributed by atoms with van der Waals surface area (Å²) in [4.78, 5) is 33.6. The predicted molar refractivity (Wildman–Crippen MR) is 157 cm³/mol. The summed E-state index contributed by atoms with van der Waals surface area (Å²) in [6.07, 6.45) is 4.02. The smallest absolute Gasteiger partial charge is 0.337 e. The number of pyridine rings is 2. The van der Waals surface area contributed by atoms with E-state index in [2.05, 4.69) is 9.97 Å². The molecule has 0 unspecified atom stereocenters. The van der Waals surface area contributed by atoms with E-state index < -0.39 is 17.7 Å². The summed E-state index contributed by atoms with van der Waals surface area (Å²) in [5.41, 5.74) is 1.10. The van der Waals surface area contributed by atoms with Crippen molar-refractivity contribution in [1.29, 1.82) is 0 Å². The molecule has 9 nitrogen and oxygen atoms in total. The van der Waals surface area contributed by atoms with Gasteiger partial charge in [-0.05, 0) is 30.3 Å². The van der Waals surface area contributed by atoms with Gasteiger partial charge in [0.2, 0.25) is 0 Å². The molecule has 4 N–H and O–H groups in total. The molecule has 0 amide bonds. The van der Waals surface area contributed by atoms with Gasteiger partial charge >= 0.3 is 5.97 Å². The summed E-state index contributed by atoms with van der Waals surface area (Å²) in [5.74, 6) is -1.50. The molecule has 4 aromatic rings. The highest BCUT2D eigenvalue weighted by molar-refractivity contribution is 6.39. The van der Waals surface area contributed by atoms with Crippen LogP contribution in [0.1, 0.15) is 22.2 Å². The van der Waals surface area contributed by atoms with Crippen LogP contribution in [0.5, 0.6) is 5.75 Å². The Labute approximate surface area is 246 Å². The van der Waals surface area contributed by atoms with Crippen LogP contribution in [0.3, 0.4) is 0 Å². The van der Waals surface area contributed by atoms with E-state index in [4.69, 9.17) is 27.6 Å². The third-order valence-electron chi connectivity index (χ3n) is 6.88. The Bertz CT molecular complexity index is 2050. The molecule has 0 bridgehead atoms. The Hall–Kier alpha value is -4.80. The molecule has 42 heavy (non-hydrogen) atoms. The van der Waals surface area contributed by atoms with Gasteiger partial charge in [-0.1, -0.05) is 35.3 Å². The molecule has 1 aliphatic heterocycles. The van der Waals surface area contributed by atoms with Crippen LogP contribution < -0.4 is 5.43 Å². The second-order valence-electron chi connectivity index (χ2n) is 9.36. The molecule has 2 aromatic carbocycles. The van der Waals surface area contributed by atoms with Crippen LogP contribution in [0.15, 0.2) is 88.6 Å². The zero-order chi connectivity index (χ0) is 29.7. The third-order valence-corrected chi connectivity index (χ3v) is 7.58. The highest BCUT2D eigenvalue weighted by atomic mass is 35.5. The lowest BCUT2D eigenvalue weighted by molar-refractivity contribution is -0.0419. The lowest BCUT2D eigenvalue weighted by atomic mass is 9.87. The van der Waals surface area contributed by atoms with Crippen molar-refractivity contribution in [2.24, 2.45) is 0 Å². The van der Waals surface area contributed by atoms with E-state index >= 15 is 0 Å². The first-order chi connectivity index (χ1) is 20.2. The van der Waals surface area contributed by atoms with Gasteiger partial charge in [-0.25, -0.2) is 4.79 Å². The SMILES string of the molecule is O=C(O)c1cc(Cl)c(C(O)O)c(-c2c3cc(-c4cccnc4)c(=O)cc-3oc3cc(O)c(-c4cccnc4)cc23)c1Cl. The summed E-state index contributed by atoms with van der Waals surface area (Å²) < 4.78 is 6.09. The fraction of sp³-hybridized carbons (Fsp3) is 0.0323. The average molecular weight is 601 g/mol. The lowest BCUT2D eigenvalue weighted by Gasteiger charge is -2.22. The molecule has 0 saturated heterocycles. The van der Waals surface area contributed by atoms with Crippen molar-refractivity contribution in [2.45, 2.75) is 6.29 Å². The van der Waals surface area contributed by atoms with E-state index in [-0.39, 0.29) is 60.5 Å². The highest BCUT2D eigenvalue weighted by Crippen LogP contribution is 2.50. The minimum absolute atomic E-state index is 0.0648. The average Bonchev–Trinajstić information content (AvgIpc) is 2.97. The van der Waals surface area contributed by atoms with Gasteiger partial charge in [0, 0.05) is 86.8 Å². The van der Waals surface area contributed by atoms with Gasteiger partial charge in [-0.3, -0.25) is 14.8 Å². The van der Waals surface area contributed by atoms with E-state index in [1.54, 1.807) is 48.9 Å². The van der Waals surface area contributed by atoms with Crippen LogP contribution in [0.2, 0.25) is 10.0 Å². The molecular formula is C31H18Cl2N2O7. The van der Waals surface area contributed by atoms with Crippen molar-refractivity contribution in [2.75, 3.05) is 0 Å². The number of aliphatic hydroxyl groups excluding tert-OH is 1. The molecule has 1 aliphatic carbocycles. The monoisotopic (exact) mass is 600 g/mol. The van der Waals surface area contributed by atoms with Gasteiger partial charge in [-0.15, -0.1) is 0 Å². The number of aliphatic hydroxyl groups is 2. The first-order valence-electron chi connectivity index (χ1n) is 12.4. The number of hydrogen-bond donors (Lipinski definition) is 4. The maximum absolute atomic E-state index is 13.2. The Balaban J connectivity index is 1.85. The van der Waals surface area contributed by atoms with Gasteiger partial charge in [0.05, 0.1) is 15.6 Å². The number of aromatic carboxylic acids is 1. The van der Waals surface area contributed by atoms with Crippen molar-refractivity contribution >= 4 is 40.1 Å². The number of fused-ring (bicyclic) bond motifs is 2. The predicted octanol–water partition coefficient (Wildman–Crippen LogP) is 6.38. The summed E-state index contributed by atoms with van der Waals surface area (Å²) in [7, 11) is 0. The molecule has 11 heteroatoms. The number of benzene rings is 3. The van der Waals surface area contributed by atoms with E-state index in [1.165, 1.54) is 24.4 Å². The van der Waals surface area contributed by atoms with Crippen molar-refractivity contribution in [3.8, 4) is 50.5 Å². The Morgan fingerprint density at radius 3 is 2.12 bits per heavy atom. The zero-order valence-corrected chi connectivity index (χ0v) is 22.8. The number of hydrogen-bond acceptors (Lipinski definition) is 8. The molecule has 0 spiro atoms. The molecule has 0 fully saturated rings. The van der Waals surface area contributed by atoms with E-state index in [1.807, 2.05) is 0 Å². The maximum atomic E-state index is 13.2. The number of carbonyl (C=O) groups is 1. The van der Waals surface area contributed by atoms with Crippen LogP contribution >= 0.6 is 23.2 Å². The second kappa shape index (κ2) is 10.6. The summed E-state index contributed by atoms with van der Waals surface area (Å²) in [5, 5.41) is 41.4. The first-order valence-corrected chi connectivity index (χ1v) is 13.1. The van der Waals surface area contributed by atoms with Gasteiger partial charge in [0.1, 0.15) is 17.1 Å². The van der Waals surface area contributed by atoms with Crippen LogP contribution in [0, 0.1) is 0 Å². The molecular weight excluding hydrogens is 583 g/mol. The number of nitrogens with zero attached hydrogens (tertiary/aromatic N) is 2. The minimum Gasteiger partial charge on any atom is -0.507 e. The quantitative estimate of drug-likeness (QED) is 0.130. The number of carboxylic acid groups (broad SMARTS) is 1. The molecule has 0 saturated carbocycles. The van der Waals surface area contributed by atoms with Gasteiger partial charge in [0.25, 0.3) is 0 Å². The number of halogens is 2. The van der Waals surface area contributed by atoms with Crippen molar-refractivity contribution in [3.05, 3.63) is 111 Å². The Kier molecular flexibility index (Phi) is 6.88. The zero-order valence-electron chi connectivity index (χ0n) is 21.2. The fourth-order valence-corrected chi connectivity index (χ4v) is 5.65. The van der Waals surface area contributed by atoms with Gasteiger partial charge < -0.3 is 24.8 Å². The van der Waals surface area contributed by atoms with Crippen LogP contribution in [0.25, 0.3) is 55.7 Å². The molecule has 0 atom stereocenters. The molecule has 2 aliphatic rings. The molecule has 2 aromatic heterocycles. The van der Waals surface area contributed by atoms with E-state index in [0.29, 0.717) is 22.1 Å². The molecule has 6 rings (SSSR count). The van der Waals surface area contributed by atoms with Gasteiger partial charge in [0.15, 0.2) is 11.7 Å². The van der Waals surface area contributed by atoms with E-state index in [0.717, 1.165) is 6.07 Å². The van der Waals surface area contributed by atoms with Crippen LogP contribution in [-0.4, -0.2) is 36.4 Å². The number of rotatable bonds is 5. The second-order valence-corrected chi connectivity index (χ2v) is 10.1. The normalized spacial score (nSPS) is 11.5. The number of phenols is 1. The number of carboxylic acids is 1. The summed E-state index contributed by atoms with van der Waals surface area (Å²) >= 11 is 13.1. The standard InChI is InChI=1S/C31H18Cl2N2O7/c32-21-9-20(30(38)39)29(33)28(27(21)31(40)41)26-18-7-16(14-3-1-5-34-12-14)22(36)10-24(18)42-25-11-23(37)17(8-19(25)26)15-4-2-6-35-13-15/h1-13,31,36,40-41H,(H,38,39). The molecule has 0 radical (unpaired) electrons. The van der Waals surface area contributed by atoms with E-state index in [9.17, 15) is 30.0 Å². The van der Waals surface area contributed by atoms with Gasteiger partial charge in [-0.2, -0.15) is 0 Å². The largest absolute Gasteiger partial charge is 0.507 e. The fourth-order valence-electron chi connectivity index (χ4n) is 5.02. The summed E-state index contributed by atoms with van der Waals surface area (Å²) in [6.45, 7) is 0. The molecule has 208 valence electrons. The molecule has 3 heterocycles. The Morgan fingerprint density at radius 2 is 1.52 bits per heavy atom. The van der Waals surface area contributed by atoms with Crippen molar-refractivity contribution in [3.63, 3.8) is 0 Å². The highest BCUT2D eigenvalue weighted by Gasteiger charge is 2.30. The van der Waals surface area contributed by atoms with Crippen molar-refractivity contribution < 1.29 is 29.6 Å². The Morgan fingerprint density at radius 1 is 0.857 bits per heavy atom. The topological polar surface area (TPSA) is 154 Å². The first kappa shape index (κ1) is 27.4. The number of aromatic hydroxyl groups is 1. The maximum Gasteiger partial charge on any atom is 0.337 e. The third kappa shape index (κ3) is 4.54. The number of aromatic nitrogens is 2. The lowest BCUT2D eigenvalue weighted by Crippen LogP contribution is -2.09. The van der Waals surface area contributed by atoms with Crippen LogP contribution in [-0.2, 0) is 0 Å². The van der Waals surface area contributed by atoms with Crippen molar-refractivity contribution in [1.82, 2.24) is 9.97 Å². The van der Waals surface area contributed by atoms with Crippen LogP contribution in [0.4, 0.5) is 0 Å². The summed E-state index contributed by atoms with van der Waals surface area (Å²) in [6, 6.07) is 13.5.